The van der Waals surface area contributed by atoms with E-state index in [1.807, 2.05) is 29.4 Å². The number of aliphatic hydroxyl groups is 1. The molecule has 4 rings (SSSR count). The van der Waals surface area contributed by atoms with Crippen molar-refractivity contribution in [3.05, 3.63) is 82.6 Å². The molecule has 3 atom stereocenters. The second kappa shape index (κ2) is 10.0. The molecule has 1 saturated carbocycles. The Morgan fingerprint density at radius 1 is 1.15 bits per heavy atom. The van der Waals surface area contributed by atoms with Gasteiger partial charge in [-0.1, -0.05) is 58.4 Å². The van der Waals surface area contributed by atoms with Crippen LogP contribution in [0.5, 0.6) is 0 Å². The van der Waals surface area contributed by atoms with E-state index in [9.17, 15) is 18.7 Å². The molecule has 0 spiro atoms. The fraction of sp³-hybridized carbons (Fsp3) is 0.423. The normalized spacial score (nSPS) is 23.2. The van der Waals surface area contributed by atoms with Gasteiger partial charge in [0.25, 0.3) is 0 Å². The summed E-state index contributed by atoms with van der Waals surface area (Å²) in [7, 11) is 0. The summed E-state index contributed by atoms with van der Waals surface area (Å²) in [6.45, 7) is 3.26. The minimum Gasteiger partial charge on any atom is -0.461 e. The summed E-state index contributed by atoms with van der Waals surface area (Å²) >= 11 is 3.44. The highest BCUT2D eigenvalue weighted by molar-refractivity contribution is 9.10. The van der Waals surface area contributed by atoms with Crippen LogP contribution in [-0.4, -0.2) is 46.1 Å². The van der Waals surface area contributed by atoms with E-state index >= 15 is 0 Å². The highest BCUT2D eigenvalue weighted by Crippen LogP contribution is 2.47. The van der Waals surface area contributed by atoms with Gasteiger partial charge in [0.1, 0.15) is 6.61 Å². The van der Waals surface area contributed by atoms with Gasteiger partial charge in [-0.2, -0.15) is 0 Å². The van der Waals surface area contributed by atoms with Gasteiger partial charge in [0, 0.05) is 42.2 Å². The zero-order valence-corrected chi connectivity index (χ0v) is 20.6. The van der Waals surface area contributed by atoms with Crippen LogP contribution >= 0.6 is 15.9 Å². The maximum Gasteiger partial charge on any atom is 0.343 e. The van der Waals surface area contributed by atoms with Crippen molar-refractivity contribution in [1.29, 1.82) is 0 Å². The number of ether oxygens (including phenoxy) is 1. The van der Waals surface area contributed by atoms with Crippen molar-refractivity contribution in [2.75, 3.05) is 13.2 Å². The Bertz CT molecular complexity index is 1020. The van der Waals surface area contributed by atoms with Gasteiger partial charge in [-0.15, -0.1) is 0 Å². The zero-order valence-electron chi connectivity index (χ0n) is 19.0. The number of carbonyl (C=O) groups is 1. The summed E-state index contributed by atoms with van der Waals surface area (Å²) in [5.74, 6) is -4.66. The van der Waals surface area contributed by atoms with Gasteiger partial charge in [-0.25, -0.2) is 13.6 Å². The van der Waals surface area contributed by atoms with Gasteiger partial charge in [-0.05, 0) is 36.6 Å². The van der Waals surface area contributed by atoms with Gasteiger partial charge in [0.2, 0.25) is 5.92 Å². The minimum atomic E-state index is -2.89. The number of esters is 1. The van der Waals surface area contributed by atoms with Gasteiger partial charge in [-0.3, -0.25) is 0 Å². The predicted octanol–water partition coefficient (Wildman–Crippen LogP) is 5.25. The average Bonchev–Trinajstić information content (AvgIpc) is 3.37. The standard InChI is InChI=1S/C26H29BrF2N2O3/c1-19-30(13-14-31(19)18-20-7-9-23(27)10-8-20)15-16-34-24(32)26(33,21-5-3-2-4-6-21)22-11-12-25(28,29)17-22/h2-10,13-14,19,22,33H,11-12,15-18H2,1H3/t19?,22-,26+/m1/s1. The molecular weight excluding hydrogens is 506 g/mol. The summed E-state index contributed by atoms with van der Waals surface area (Å²) in [6, 6.07) is 16.4. The molecule has 8 heteroatoms. The largest absolute Gasteiger partial charge is 0.461 e. The van der Waals surface area contributed by atoms with Gasteiger partial charge < -0.3 is 19.6 Å². The lowest BCUT2D eigenvalue weighted by Gasteiger charge is -2.33. The predicted molar refractivity (Wildman–Crippen MR) is 129 cm³/mol. The molecule has 1 aliphatic heterocycles. The maximum absolute atomic E-state index is 13.9. The summed E-state index contributed by atoms with van der Waals surface area (Å²) < 4.78 is 34.4. The molecule has 0 radical (unpaired) electrons. The average molecular weight is 535 g/mol. The number of alkyl halides is 2. The number of benzene rings is 2. The molecule has 2 aliphatic rings. The molecule has 0 aromatic heterocycles. The van der Waals surface area contributed by atoms with Crippen LogP contribution in [0.1, 0.15) is 37.3 Å². The Labute approximate surface area is 207 Å². The van der Waals surface area contributed by atoms with Crippen LogP contribution < -0.4 is 0 Å². The van der Waals surface area contributed by atoms with Gasteiger partial charge in [0.15, 0.2) is 5.60 Å². The molecule has 1 N–H and O–H groups in total. The smallest absolute Gasteiger partial charge is 0.343 e. The fourth-order valence-electron chi connectivity index (χ4n) is 4.73. The van der Waals surface area contributed by atoms with E-state index in [4.69, 9.17) is 4.74 Å². The third-order valence-electron chi connectivity index (χ3n) is 6.79. The zero-order chi connectivity index (χ0) is 24.3. The SMILES string of the molecule is CC1N(CCOC(=O)[C@](O)(c2ccccc2)[C@@H]2CCC(F)(F)C2)C=CN1Cc1ccc(Br)cc1. The van der Waals surface area contributed by atoms with Crippen molar-refractivity contribution >= 4 is 21.9 Å². The Kier molecular flexibility index (Phi) is 7.28. The van der Waals surface area contributed by atoms with E-state index in [0.29, 0.717) is 6.54 Å². The van der Waals surface area contributed by atoms with Crippen LogP contribution in [0.4, 0.5) is 8.78 Å². The third kappa shape index (κ3) is 5.28. The van der Waals surface area contributed by atoms with Gasteiger partial charge in [0.05, 0.1) is 12.7 Å². The maximum atomic E-state index is 13.9. The molecule has 182 valence electrons. The second-order valence-electron chi connectivity index (χ2n) is 9.03. The molecule has 1 heterocycles. The van der Waals surface area contributed by atoms with Crippen LogP contribution in [0.15, 0.2) is 71.5 Å². The van der Waals surface area contributed by atoms with Gasteiger partial charge >= 0.3 is 5.97 Å². The molecule has 5 nitrogen and oxygen atoms in total. The van der Waals surface area contributed by atoms with Crippen molar-refractivity contribution in [2.24, 2.45) is 5.92 Å². The molecule has 2 aromatic rings. The van der Waals surface area contributed by atoms with Crippen molar-refractivity contribution in [3.8, 4) is 0 Å². The first-order valence-corrected chi connectivity index (χ1v) is 12.3. The molecular formula is C26H29BrF2N2O3. The number of hydrogen-bond acceptors (Lipinski definition) is 5. The van der Waals surface area contributed by atoms with E-state index < -0.39 is 29.8 Å². The Morgan fingerprint density at radius 3 is 2.47 bits per heavy atom. The molecule has 1 unspecified atom stereocenters. The first kappa shape index (κ1) is 24.7. The Morgan fingerprint density at radius 2 is 1.82 bits per heavy atom. The quantitative estimate of drug-likeness (QED) is 0.468. The van der Waals surface area contributed by atoms with E-state index in [0.717, 1.165) is 11.0 Å². The molecule has 34 heavy (non-hydrogen) atoms. The first-order chi connectivity index (χ1) is 16.2. The lowest BCUT2D eigenvalue weighted by molar-refractivity contribution is -0.175. The molecule has 0 bridgehead atoms. The minimum absolute atomic E-state index is 0.0396. The monoisotopic (exact) mass is 534 g/mol. The summed E-state index contributed by atoms with van der Waals surface area (Å²) in [5.41, 5.74) is -0.631. The van der Waals surface area contributed by atoms with E-state index in [1.165, 1.54) is 5.56 Å². The van der Waals surface area contributed by atoms with E-state index in [1.54, 1.807) is 30.3 Å². The molecule has 0 amide bonds. The Balaban J connectivity index is 1.36. The lowest BCUT2D eigenvalue weighted by atomic mass is 9.80. The highest BCUT2D eigenvalue weighted by Gasteiger charge is 2.54. The number of nitrogens with zero attached hydrogens (tertiary/aromatic N) is 2. The summed E-state index contributed by atoms with van der Waals surface area (Å²) in [4.78, 5) is 17.3. The summed E-state index contributed by atoms with van der Waals surface area (Å²) in [5, 5.41) is 11.4. The van der Waals surface area contributed by atoms with Crippen LogP contribution in [0.3, 0.4) is 0 Å². The molecule has 0 saturated heterocycles. The van der Waals surface area contributed by atoms with Crippen LogP contribution in [0.25, 0.3) is 0 Å². The van der Waals surface area contributed by atoms with Crippen molar-refractivity contribution in [2.45, 2.75) is 50.4 Å². The van der Waals surface area contributed by atoms with Crippen LogP contribution in [0.2, 0.25) is 0 Å². The second-order valence-corrected chi connectivity index (χ2v) is 9.95. The molecule has 1 aliphatic carbocycles. The van der Waals surface area contributed by atoms with Crippen molar-refractivity contribution in [1.82, 2.24) is 9.80 Å². The van der Waals surface area contributed by atoms with Crippen molar-refractivity contribution in [3.63, 3.8) is 0 Å². The topological polar surface area (TPSA) is 53.0 Å². The van der Waals surface area contributed by atoms with E-state index in [2.05, 4.69) is 39.9 Å². The van der Waals surface area contributed by atoms with Crippen molar-refractivity contribution < 1.29 is 23.4 Å². The number of carbonyl (C=O) groups excluding carboxylic acids is 1. The van der Waals surface area contributed by atoms with Crippen LogP contribution in [-0.2, 0) is 21.7 Å². The molecule has 2 aromatic carbocycles. The first-order valence-electron chi connectivity index (χ1n) is 11.5. The number of halogens is 3. The van der Waals surface area contributed by atoms with Crippen LogP contribution in [0, 0.1) is 5.92 Å². The number of rotatable bonds is 8. The highest BCUT2D eigenvalue weighted by atomic mass is 79.9. The lowest BCUT2D eigenvalue weighted by Crippen LogP contribution is -2.45. The third-order valence-corrected chi connectivity index (χ3v) is 7.32. The van der Waals surface area contributed by atoms with E-state index in [-0.39, 0.29) is 31.2 Å². The number of hydrogen-bond donors (Lipinski definition) is 1. The summed E-state index contributed by atoms with van der Waals surface area (Å²) in [6.07, 6.45) is 3.18. The molecule has 1 fully saturated rings. The fourth-order valence-corrected chi connectivity index (χ4v) is 4.99. The Hall–Kier alpha value is -2.45.